The van der Waals surface area contributed by atoms with E-state index in [1.165, 1.54) is 12.1 Å². The van der Waals surface area contributed by atoms with Crippen LogP contribution in [0.4, 0.5) is 8.78 Å². The van der Waals surface area contributed by atoms with Gasteiger partial charge in [0.15, 0.2) is 5.78 Å². The van der Waals surface area contributed by atoms with Crippen molar-refractivity contribution in [3.8, 4) is 11.1 Å². The van der Waals surface area contributed by atoms with Gasteiger partial charge < -0.3 is 9.84 Å². The first-order valence-corrected chi connectivity index (χ1v) is 8.69. The monoisotopic (exact) mass is 372 g/mol. The van der Waals surface area contributed by atoms with Crippen LogP contribution in [0, 0.1) is 18.6 Å². The molecule has 0 unspecified atom stereocenters. The fraction of sp³-hybridized carbons (Fsp3) is 0.318. The molecule has 0 amide bonds. The van der Waals surface area contributed by atoms with E-state index in [1.807, 2.05) is 6.92 Å². The molecule has 0 aliphatic carbocycles. The number of aryl methyl sites for hydroxylation is 1. The minimum Gasteiger partial charge on any atom is -0.508 e. The lowest BCUT2D eigenvalue weighted by Crippen LogP contribution is -2.49. The van der Waals surface area contributed by atoms with Gasteiger partial charge in [-0.2, -0.15) is 0 Å². The predicted octanol–water partition coefficient (Wildman–Crippen LogP) is 5.37. The molecule has 142 valence electrons. The molecule has 27 heavy (non-hydrogen) atoms. The van der Waals surface area contributed by atoms with E-state index in [9.17, 15) is 18.7 Å². The minimum absolute atomic E-state index is 0.161. The fourth-order valence-corrected chi connectivity index (χ4v) is 3.47. The number of rotatable bonds is 2. The van der Waals surface area contributed by atoms with Gasteiger partial charge in [0.05, 0.1) is 5.57 Å². The van der Waals surface area contributed by atoms with Crippen molar-refractivity contribution in [1.82, 2.24) is 0 Å². The third-order valence-corrected chi connectivity index (χ3v) is 4.84. The summed E-state index contributed by atoms with van der Waals surface area (Å²) in [5.74, 6) is -1.86. The van der Waals surface area contributed by atoms with Crippen molar-refractivity contribution in [2.75, 3.05) is 0 Å². The molecule has 2 aromatic rings. The van der Waals surface area contributed by atoms with Gasteiger partial charge in [0.25, 0.3) is 0 Å². The zero-order chi connectivity index (χ0) is 20.1. The molecule has 0 saturated heterocycles. The molecule has 0 spiro atoms. The molecule has 0 aromatic heterocycles. The molecule has 1 aliphatic rings. The van der Waals surface area contributed by atoms with E-state index in [2.05, 4.69) is 0 Å². The average molecular weight is 372 g/mol. The van der Waals surface area contributed by atoms with Gasteiger partial charge in [0.1, 0.15) is 28.6 Å². The molecule has 0 atom stereocenters. The van der Waals surface area contributed by atoms with Gasteiger partial charge in [0, 0.05) is 11.6 Å². The summed E-state index contributed by atoms with van der Waals surface area (Å²) in [6, 6.07) is 8.45. The third kappa shape index (κ3) is 3.28. The molecule has 0 fully saturated rings. The lowest BCUT2D eigenvalue weighted by atomic mass is 9.81. The highest BCUT2D eigenvalue weighted by molar-refractivity contribution is 6.26. The van der Waals surface area contributed by atoms with Crippen molar-refractivity contribution in [1.29, 1.82) is 0 Å². The highest BCUT2D eigenvalue weighted by Gasteiger charge is 2.47. The van der Waals surface area contributed by atoms with Gasteiger partial charge in [-0.1, -0.05) is 12.1 Å². The average Bonchev–Trinajstić information content (AvgIpc) is 2.55. The largest absolute Gasteiger partial charge is 0.508 e. The maximum Gasteiger partial charge on any atom is 0.198 e. The van der Waals surface area contributed by atoms with Crippen molar-refractivity contribution < 1.29 is 23.4 Å². The van der Waals surface area contributed by atoms with Crippen LogP contribution in [-0.2, 0) is 9.53 Å². The first kappa shape index (κ1) is 19.2. The maximum atomic E-state index is 14.2. The number of carbonyl (C=O) groups excluding carboxylic acids is 1. The van der Waals surface area contributed by atoms with E-state index >= 15 is 0 Å². The van der Waals surface area contributed by atoms with Gasteiger partial charge in [-0.3, -0.25) is 4.79 Å². The van der Waals surface area contributed by atoms with Gasteiger partial charge in [-0.05, 0) is 69.5 Å². The summed E-state index contributed by atoms with van der Waals surface area (Å²) in [5.41, 5.74) is -0.0321. The second-order valence-electron chi connectivity index (χ2n) is 7.83. The number of ketones is 1. The van der Waals surface area contributed by atoms with Crippen LogP contribution in [0.3, 0.4) is 0 Å². The van der Waals surface area contributed by atoms with Crippen molar-refractivity contribution in [3.63, 3.8) is 0 Å². The number of hydrogen-bond donors (Lipinski definition) is 1. The normalized spacial score (nSPS) is 18.7. The topological polar surface area (TPSA) is 46.5 Å². The van der Waals surface area contributed by atoms with Crippen molar-refractivity contribution in [3.05, 3.63) is 64.9 Å². The molecule has 3 rings (SSSR count). The number of ether oxygens (including phenoxy) is 1. The molecule has 0 radical (unpaired) electrons. The zero-order valence-electron chi connectivity index (χ0n) is 16.0. The van der Waals surface area contributed by atoms with Crippen LogP contribution in [0.1, 0.15) is 38.8 Å². The standard InChI is InChI=1S/C22H22F2O3/c1-12-6-7-13(15-9-8-14(23)11-17(15)24)10-16(12)18-19(25)21(2,3)27-22(4,5)20(18)26/h6-11,25H,1-5H3. The lowest BCUT2D eigenvalue weighted by molar-refractivity contribution is -0.158. The van der Waals surface area contributed by atoms with Crippen LogP contribution in [0.2, 0.25) is 0 Å². The molecular formula is C22H22F2O3. The number of benzene rings is 2. The number of Topliss-reactive ketones (excluding diaryl/α,β-unsaturated/α-hetero) is 1. The van der Waals surface area contributed by atoms with Crippen molar-refractivity contribution in [2.24, 2.45) is 0 Å². The first-order valence-electron chi connectivity index (χ1n) is 8.69. The fourth-order valence-electron chi connectivity index (χ4n) is 3.47. The summed E-state index contributed by atoms with van der Waals surface area (Å²) >= 11 is 0. The highest BCUT2D eigenvalue weighted by atomic mass is 19.1. The maximum absolute atomic E-state index is 14.2. The Hall–Kier alpha value is -2.53. The van der Waals surface area contributed by atoms with Crippen LogP contribution in [-0.4, -0.2) is 22.1 Å². The number of aliphatic hydroxyl groups excluding tert-OH is 1. The second kappa shape index (κ2) is 6.27. The minimum atomic E-state index is -1.12. The van der Waals surface area contributed by atoms with Gasteiger partial charge in [0.2, 0.25) is 0 Å². The van der Waals surface area contributed by atoms with Crippen LogP contribution >= 0.6 is 0 Å². The van der Waals surface area contributed by atoms with E-state index in [0.717, 1.165) is 11.6 Å². The van der Waals surface area contributed by atoms with Crippen LogP contribution in [0.25, 0.3) is 16.7 Å². The number of aliphatic hydroxyl groups is 1. The van der Waals surface area contributed by atoms with Crippen LogP contribution in [0.15, 0.2) is 42.2 Å². The third-order valence-electron chi connectivity index (χ3n) is 4.84. The van der Waals surface area contributed by atoms with E-state index in [4.69, 9.17) is 4.74 Å². The quantitative estimate of drug-likeness (QED) is 0.771. The summed E-state index contributed by atoms with van der Waals surface area (Å²) in [6.07, 6.45) is 0. The summed E-state index contributed by atoms with van der Waals surface area (Å²) in [7, 11) is 0. The summed E-state index contributed by atoms with van der Waals surface area (Å²) in [6.45, 7) is 8.50. The number of carbonyl (C=O) groups is 1. The van der Waals surface area contributed by atoms with Crippen molar-refractivity contribution in [2.45, 2.75) is 45.8 Å². The smallest absolute Gasteiger partial charge is 0.198 e. The Morgan fingerprint density at radius 1 is 0.926 bits per heavy atom. The summed E-state index contributed by atoms with van der Waals surface area (Å²) in [5, 5.41) is 10.7. The van der Waals surface area contributed by atoms with Gasteiger partial charge >= 0.3 is 0 Å². The molecule has 1 heterocycles. The van der Waals surface area contributed by atoms with E-state index in [1.54, 1.807) is 45.9 Å². The zero-order valence-corrected chi connectivity index (χ0v) is 16.0. The molecule has 2 aromatic carbocycles. The Morgan fingerprint density at radius 3 is 2.22 bits per heavy atom. The molecular weight excluding hydrogens is 350 g/mol. The summed E-state index contributed by atoms with van der Waals surface area (Å²) < 4.78 is 33.2. The predicted molar refractivity (Wildman–Crippen MR) is 100 cm³/mol. The summed E-state index contributed by atoms with van der Waals surface area (Å²) in [4.78, 5) is 13.0. The first-order chi connectivity index (χ1) is 12.4. The van der Waals surface area contributed by atoms with Gasteiger partial charge in [-0.25, -0.2) is 8.78 Å². The Morgan fingerprint density at radius 2 is 1.59 bits per heavy atom. The Labute approximate surface area is 157 Å². The van der Waals surface area contributed by atoms with Crippen molar-refractivity contribution >= 4 is 11.4 Å². The molecule has 0 bridgehead atoms. The van der Waals surface area contributed by atoms with Crippen LogP contribution in [0.5, 0.6) is 0 Å². The van der Waals surface area contributed by atoms with Gasteiger partial charge in [-0.15, -0.1) is 0 Å². The molecule has 3 nitrogen and oxygen atoms in total. The number of halogens is 2. The Bertz CT molecular complexity index is 972. The van der Waals surface area contributed by atoms with E-state index in [0.29, 0.717) is 11.1 Å². The van der Waals surface area contributed by atoms with E-state index in [-0.39, 0.29) is 22.7 Å². The second-order valence-corrected chi connectivity index (χ2v) is 7.83. The van der Waals surface area contributed by atoms with Crippen LogP contribution < -0.4 is 0 Å². The molecule has 1 aliphatic heterocycles. The molecule has 5 heteroatoms. The molecule has 0 saturated carbocycles. The SMILES string of the molecule is Cc1ccc(-c2ccc(F)cc2F)cc1C1=C(O)C(C)(C)OC(C)(C)C1=O. The Kier molecular flexibility index (Phi) is 4.47. The highest BCUT2D eigenvalue weighted by Crippen LogP contribution is 2.41. The number of hydrogen-bond acceptors (Lipinski definition) is 3. The molecule has 1 N–H and O–H groups in total. The Balaban J connectivity index is 2.24. The lowest BCUT2D eigenvalue weighted by Gasteiger charge is -2.40. The van der Waals surface area contributed by atoms with E-state index < -0.39 is 22.8 Å².